The SMILES string of the molecule is O=C(CCC1CC1)c1cc(Cl)ccc1Cl. The second-order valence-electron chi connectivity index (χ2n) is 4.03. The van der Waals surface area contributed by atoms with Crippen LogP contribution in [0.4, 0.5) is 0 Å². The van der Waals surface area contributed by atoms with E-state index in [4.69, 9.17) is 23.2 Å². The number of ketones is 1. The first-order valence-electron chi connectivity index (χ1n) is 5.15. The molecule has 80 valence electrons. The van der Waals surface area contributed by atoms with Crippen molar-refractivity contribution in [2.45, 2.75) is 25.7 Å². The topological polar surface area (TPSA) is 17.1 Å². The Bertz CT molecular complexity index is 383. The van der Waals surface area contributed by atoms with Crippen molar-refractivity contribution in [3.63, 3.8) is 0 Å². The quantitative estimate of drug-likeness (QED) is 0.717. The zero-order valence-electron chi connectivity index (χ0n) is 8.30. The molecule has 15 heavy (non-hydrogen) atoms. The van der Waals surface area contributed by atoms with Crippen LogP contribution >= 0.6 is 23.2 Å². The third kappa shape index (κ3) is 2.96. The second-order valence-corrected chi connectivity index (χ2v) is 4.87. The number of carbonyl (C=O) groups excluding carboxylic acids is 1. The highest BCUT2D eigenvalue weighted by Gasteiger charge is 2.22. The van der Waals surface area contributed by atoms with Crippen LogP contribution in [0.2, 0.25) is 10.0 Å². The predicted octanol–water partition coefficient (Wildman–Crippen LogP) is 4.37. The van der Waals surface area contributed by atoms with E-state index >= 15 is 0 Å². The van der Waals surface area contributed by atoms with Gasteiger partial charge < -0.3 is 0 Å². The number of hydrogen-bond acceptors (Lipinski definition) is 1. The van der Waals surface area contributed by atoms with E-state index in [0.29, 0.717) is 22.0 Å². The molecule has 0 saturated heterocycles. The highest BCUT2D eigenvalue weighted by molar-refractivity contribution is 6.35. The van der Waals surface area contributed by atoms with Gasteiger partial charge in [0.05, 0.1) is 5.02 Å². The first kappa shape index (κ1) is 11.0. The van der Waals surface area contributed by atoms with Crippen molar-refractivity contribution in [1.82, 2.24) is 0 Å². The number of benzene rings is 1. The molecule has 2 rings (SSSR count). The average Bonchev–Trinajstić information content (AvgIpc) is 3.02. The van der Waals surface area contributed by atoms with Gasteiger partial charge >= 0.3 is 0 Å². The lowest BCUT2D eigenvalue weighted by molar-refractivity contribution is 0.0978. The van der Waals surface area contributed by atoms with E-state index in [9.17, 15) is 4.79 Å². The molecular weight excluding hydrogens is 231 g/mol. The van der Waals surface area contributed by atoms with Crippen LogP contribution in [0.1, 0.15) is 36.0 Å². The smallest absolute Gasteiger partial charge is 0.164 e. The van der Waals surface area contributed by atoms with E-state index in [1.807, 2.05) is 0 Å². The van der Waals surface area contributed by atoms with Crippen molar-refractivity contribution in [3.8, 4) is 0 Å². The summed E-state index contributed by atoms with van der Waals surface area (Å²) < 4.78 is 0. The Morgan fingerprint density at radius 3 is 2.73 bits per heavy atom. The van der Waals surface area contributed by atoms with Crippen molar-refractivity contribution in [2.24, 2.45) is 5.92 Å². The summed E-state index contributed by atoms with van der Waals surface area (Å²) >= 11 is 11.8. The molecule has 0 radical (unpaired) electrons. The lowest BCUT2D eigenvalue weighted by atomic mass is 10.1. The Balaban J connectivity index is 2.05. The number of halogens is 2. The lowest BCUT2D eigenvalue weighted by Crippen LogP contribution is -2.00. The molecule has 1 nitrogen and oxygen atoms in total. The standard InChI is InChI=1S/C12H12Cl2O/c13-9-4-5-11(14)10(7-9)12(15)6-3-8-1-2-8/h4-5,7-8H,1-3,6H2. The van der Waals surface area contributed by atoms with Crippen molar-refractivity contribution < 1.29 is 4.79 Å². The fourth-order valence-corrected chi connectivity index (χ4v) is 1.98. The zero-order valence-corrected chi connectivity index (χ0v) is 9.81. The fraction of sp³-hybridized carbons (Fsp3) is 0.417. The molecule has 0 bridgehead atoms. The molecule has 0 aliphatic heterocycles. The number of carbonyl (C=O) groups is 1. The van der Waals surface area contributed by atoms with Crippen LogP contribution in [0.25, 0.3) is 0 Å². The Morgan fingerprint density at radius 1 is 1.33 bits per heavy atom. The first-order chi connectivity index (χ1) is 7.16. The number of hydrogen-bond donors (Lipinski definition) is 0. The summed E-state index contributed by atoms with van der Waals surface area (Å²) in [4.78, 5) is 11.8. The summed E-state index contributed by atoms with van der Waals surface area (Å²) in [5.41, 5.74) is 0.560. The van der Waals surface area contributed by atoms with Crippen LogP contribution in [-0.4, -0.2) is 5.78 Å². The molecule has 0 N–H and O–H groups in total. The van der Waals surface area contributed by atoms with E-state index in [1.165, 1.54) is 12.8 Å². The summed E-state index contributed by atoms with van der Waals surface area (Å²) in [5.74, 6) is 0.876. The van der Waals surface area contributed by atoms with Crippen LogP contribution in [-0.2, 0) is 0 Å². The Morgan fingerprint density at radius 2 is 2.07 bits per heavy atom. The van der Waals surface area contributed by atoms with Gasteiger partial charge in [0, 0.05) is 17.0 Å². The molecule has 0 amide bonds. The highest BCUT2D eigenvalue weighted by atomic mass is 35.5. The Hall–Kier alpha value is -0.530. The molecule has 1 aliphatic carbocycles. The fourth-order valence-electron chi connectivity index (χ4n) is 1.59. The van der Waals surface area contributed by atoms with Gasteiger partial charge in [0.2, 0.25) is 0 Å². The number of rotatable bonds is 4. The third-order valence-electron chi connectivity index (χ3n) is 2.71. The summed E-state index contributed by atoms with van der Waals surface area (Å²) in [7, 11) is 0. The monoisotopic (exact) mass is 242 g/mol. The van der Waals surface area contributed by atoms with E-state index in [0.717, 1.165) is 12.3 Å². The van der Waals surface area contributed by atoms with Gasteiger partial charge in [-0.25, -0.2) is 0 Å². The Kier molecular flexibility index (Phi) is 3.32. The molecule has 1 saturated carbocycles. The maximum absolute atomic E-state index is 11.8. The van der Waals surface area contributed by atoms with Gasteiger partial charge in [-0.15, -0.1) is 0 Å². The van der Waals surface area contributed by atoms with Gasteiger partial charge in [0.15, 0.2) is 5.78 Å². The summed E-state index contributed by atoms with van der Waals surface area (Å²) in [5, 5.41) is 1.06. The Labute approximate surface area is 99.4 Å². The van der Waals surface area contributed by atoms with Gasteiger partial charge in [-0.3, -0.25) is 4.79 Å². The van der Waals surface area contributed by atoms with E-state index < -0.39 is 0 Å². The highest BCUT2D eigenvalue weighted by Crippen LogP contribution is 2.34. The van der Waals surface area contributed by atoms with Crippen LogP contribution in [0.15, 0.2) is 18.2 Å². The average molecular weight is 243 g/mol. The summed E-state index contributed by atoms with van der Waals surface area (Å²) in [6.07, 6.45) is 4.12. The molecule has 3 heteroatoms. The molecule has 0 aromatic heterocycles. The minimum absolute atomic E-state index is 0.106. The van der Waals surface area contributed by atoms with Gasteiger partial charge in [-0.2, -0.15) is 0 Å². The molecule has 1 aromatic carbocycles. The number of Topliss-reactive ketones (excluding diaryl/α,β-unsaturated/α-hetero) is 1. The van der Waals surface area contributed by atoms with Crippen molar-refractivity contribution in [3.05, 3.63) is 33.8 Å². The first-order valence-corrected chi connectivity index (χ1v) is 5.90. The minimum atomic E-state index is 0.106. The minimum Gasteiger partial charge on any atom is -0.294 e. The summed E-state index contributed by atoms with van der Waals surface area (Å²) in [6.45, 7) is 0. The van der Waals surface area contributed by atoms with E-state index in [1.54, 1.807) is 18.2 Å². The summed E-state index contributed by atoms with van der Waals surface area (Å²) in [6, 6.07) is 5.02. The van der Waals surface area contributed by atoms with E-state index in [-0.39, 0.29) is 5.78 Å². The maximum Gasteiger partial charge on any atom is 0.164 e. The van der Waals surface area contributed by atoms with Crippen LogP contribution in [0, 0.1) is 5.92 Å². The molecule has 1 aromatic rings. The van der Waals surface area contributed by atoms with Gasteiger partial charge in [0.25, 0.3) is 0 Å². The third-order valence-corrected chi connectivity index (χ3v) is 3.27. The van der Waals surface area contributed by atoms with Gasteiger partial charge in [-0.1, -0.05) is 36.0 Å². The van der Waals surface area contributed by atoms with E-state index in [2.05, 4.69) is 0 Å². The van der Waals surface area contributed by atoms with Crippen molar-refractivity contribution in [1.29, 1.82) is 0 Å². The van der Waals surface area contributed by atoms with Crippen LogP contribution in [0.5, 0.6) is 0 Å². The largest absolute Gasteiger partial charge is 0.294 e. The molecule has 0 heterocycles. The zero-order chi connectivity index (χ0) is 10.8. The molecule has 0 atom stereocenters. The van der Waals surface area contributed by atoms with Crippen LogP contribution < -0.4 is 0 Å². The molecular formula is C12H12Cl2O. The normalized spacial score (nSPS) is 15.3. The van der Waals surface area contributed by atoms with Gasteiger partial charge in [-0.05, 0) is 30.5 Å². The van der Waals surface area contributed by atoms with Crippen molar-refractivity contribution >= 4 is 29.0 Å². The van der Waals surface area contributed by atoms with Gasteiger partial charge in [0.1, 0.15) is 0 Å². The molecule has 1 aliphatic rings. The maximum atomic E-state index is 11.8. The molecule has 0 unspecified atom stereocenters. The van der Waals surface area contributed by atoms with Crippen molar-refractivity contribution in [2.75, 3.05) is 0 Å². The van der Waals surface area contributed by atoms with Crippen LogP contribution in [0.3, 0.4) is 0 Å². The molecule has 1 fully saturated rings. The predicted molar refractivity (Wildman–Crippen MR) is 62.8 cm³/mol. The lowest BCUT2D eigenvalue weighted by Gasteiger charge is -2.03. The second kappa shape index (κ2) is 4.54. The molecule has 0 spiro atoms.